The van der Waals surface area contributed by atoms with E-state index in [0.29, 0.717) is 18.0 Å². The van der Waals surface area contributed by atoms with Crippen molar-refractivity contribution in [1.29, 1.82) is 0 Å². The SMILES string of the molecule is COc1ccc2cc3[n+](cc2c1OCc1nc2ccccc2n1Cc1ccc(Cl)cc1)CCc1cc2c(cc1-3)OCO2.[Cl-]. The quantitative estimate of drug-likeness (QED) is 0.269. The fourth-order valence-corrected chi connectivity index (χ4v) is 6.15. The molecule has 2 aliphatic heterocycles. The smallest absolute Gasteiger partial charge is 0.231 e. The molecular formula is C34H27Cl2N3O4. The minimum Gasteiger partial charge on any atom is -1.00 e. The Morgan fingerprint density at radius 3 is 2.63 bits per heavy atom. The van der Waals surface area contributed by atoms with Gasteiger partial charge in [-0.25, -0.2) is 4.98 Å². The Bertz CT molecular complexity index is 2010. The van der Waals surface area contributed by atoms with Gasteiger partial charge in [0.1, 0.15) is 12.4 Å². The summed E-state index contributed by atoms with van der Waals surface area (Å²) in [5.41, 5.74) is 6.70. The van der Waals surface area contributed by atoms with E-state index < -0.39 is 0 Å². The van der Waals surface area contributed by atoms with Gasteiger partial charge < -0.3 is 35.9 Å². The van der Waals surface area contributed by atoms with Crippen molar-refractivity contribution in [3.8, 4) is 34.3 Å². The summed E-state index contributed by atoms with van der Waals surface area (Å²) in [5, 5.41) is 2.77. The Hall–Kier alpha value is -4.46. The van der Waals surface area contributed by atoms with Crippen LogP contribution >= 0.6 is 11.6 Å². The van der Waals surface area contributed by atoms with E-state index in [4.69, 9.17) is 35.5 Å². The summed E-state index contributed by atoms with van der Waals surface area (Å²) in [7, 11) is 1.67. The lowest BCUT2D eigenvalue weighted by molar-refractivity contribution is -0.686. The third kappa shape index (κ3) is 4.79. The van der Waals surface area contributed by atoms with Gasteiger partial charge in [-0.15, -0.1) is 0 Å². The lowest BCUT2D eigenvalue weighted by Crippen LogP contribution is -3.00. The zero-order valence-corrected chi connectivity index (χ0v) is 24.9. The highest BCUT2D eigenvalue weighted by Gasteiger charge is 2.29. The van der Waals surface area contributed by atoms with Crippen molar-refractivity contribution in [3.63, 3.8) is 0 Å². The maximum absolute atomic E-state index is 6.60. The summed E-state index contributed by atoms with van der Waals surface area (Å²) in [4.78, 5) is 4.94. The highest BCUT2D eigenvalue weighted by Crippen LogP contribution is 2.42. The molecule has 43 heavy (non-hydrogen) atoms. The second-order valence-electron chi connectivity index (χ2n) is 10.6. The van der Waals surface area contributed by atoms with Crippen molar-refractivity contribution in [1.82, 2.24) is 9.55 Å². The summed E-state index contributed by atoms with van der Waals surface area (Å²) in [6.45, 7) is 2.06. The van der Waals surface area contributed by atoms with Gasteiger partial charge in [0.05, 0.1) is 29.1 Å². The second kappa shape index (κ2) is 11.0. The van der Waals surface area contributed by atoms with E-state index in [0.717, 1.165) is 68.4 Å². The van der Waals surface area contributed by atoms with E-state index in [1.807, 2.05) is 48.5 Å². The molecule has 0 amide bonds. The fourth-order valence-electron chi connectivity index (χ4n) is 6.03. The Balaban J connectivity index is 0.00000300. The zero-order chi connectivity index (χ0) is 28.2. The maximum Gasteiger partial charge on any atom is 0.231 e. The molecule has 0 radical (unpaired) electrons. The lowest BCUT2D eigenvalue weighted by atomic mass is 9.95. The minimum absolute atomic E-state index is 0. The van der Waals surface area contributed by atoms with E-state index in [2.05, 4.69) is 45.7 Å². The van der Waals surface area contributed by atoms with Gasteiger partial charge in [-0.2, -0.15) is 4.57 Å². The monoisotopic (exact) mass is 611 g/mol. The van der Waals surface area contributed by atoms with Crippen molar-refractivity contribution < 1.29 is 35.9 Å². The van der Waals surface area contributed by atoms with Gasteiger partial charge in [0, 0.05) is 24.1 Å². The van der Waals surface area contributed by atoms with Crippen LogP contribution in [0.25, 0.3) is 33.1 Å². The highest BCUT2D eigenvalue weighted by atomic mass is 35.5. The largest absolute Gasteiger partial charge is 1.00 e. The van der Waals surface area contributed by atoms with Gasteiger partial charge in [-0.1, -0.05) is 35.9 Å². The summed E-state index contributed by atoms with van der Waals surface area (Å²) in [6.07, 6.45) is 3.08. The fraction of sp³-hybridized carbons (Fsp3) is 0.176. The predicted molar refractivity (Wildman–Crippen MR) is 161 cm³/mol. The van der Waals surface area contributed by atoms with Crippen molar-refractivity contribution in [3.05, 3.63) is 107 Å². The third-order valence-corrected chi connectivity index (χ3v) is 8.38. The molecule has 4 aromatic carbocycles. The van der Waals surface area contributed by atoms with Crippen molar-refractivity contribution in [2.24, 2.45) is 0 Å². The summed E-state index contributed by atoms with van der Waals surface area (Å²) in [5.74, 6) is 3.84. The van der Waals surface area contributed by atoms with Crippen LogP contribution in [0.2, 0.25) is 5.02 Å². The van der Waals surface area contributed by atoms with E-state index in [1.54, 1.807) is 7.11 Å². The number of aromatic nitrogens is 3. The molecule has 0 atom stereocenters. The van der Waals surface area contributed by atoms with Gasteiger partial charge in [0.25, 0.3) is 0 Å². The van der Waals surface area contributed by atoms with Gasteiger partial charge >= 0.3 is 0 Å². The van der Waals surface area contributed by atoms with Crippen LogP contribution in [0.4, 0.5) is 0 Å². The Kier molecular flexibility index (Phi) is 7.00. The Morgan fingerprint density at radius 1 is 0.977 bits per heavy atom. The Morgan fingerprint density at radius 2 is 1.79 bits per heavy atom. The van der Waals surface area contributed by atoms with E-state index in [-0.39, 0.29) is 25.8 Å². The molecule has 6 aromatic rings. The van der Waals surface area contributed by atoms with Gasteiger partial charge in [0.15, 0.2) is 35.7 Å². The van der Waals surface area contributed by atoms with Crippen LogP contribution in [0.3, 0.4) is 0 Å². The summed E-state index contributed by atoms with van der Waals surface area (Å²) < 4.78 is 28.2. The first kappa shape index (κ1) is 27.4. The average Bonchev–Trinajstić information content (AvgIpc) is 3.62. The van der Waals surface area contributed by atoms with Crippen molar-refractivity contribution >= 4 is 33.4 Å². The van der Waals surface area contributed by atoms with Crippen LogP contribution in [-0.4, -0.2) is 23.5 Å². The number of nitrogens with zero attached hydrogens (tertiary/aromatic N) is 3. The van der Waals surface area contributed by atoms with Gasteiger partial charge in [0.2, 0.25) is 12.5 Å². The molecule has 0 saturated carbocycles. The molecule has 2 aliphatic rings. The molecular weight excluding hydrogens is 585 g/mol. The number of para-hydroxylation sites is 2. The molecule has 0 bridgehead atoms. The van der Waals surface area contributed by atoms with E-state index >= 15 is 0 Å². The molecule has 0 saturated heterocycles. The number of aryl methyl sites for hydroxylation is 2. The standard InChI is InChI=1S/C34H27ClN3O4.ClH/c1-39-30-11-8-22-14-29-25-16-32-31(41-20-42-32)15-23(25)12-13-37(29)18-26(22)34(30)40-19-33-36-27-4-2-3-5-28(27)38(33)17-21-6-9-24(35)10-7-21;/h2-11,14-16,18H,12-13,17,19-20H2,1H3;1H/q+1;/p-1. The first-order valence-electron chi connectivity index (χ1n) is 13.9. The second-order valence-corrected chi connectivity index (χ2v) is 11.0. The Labute approximate surface area is 259 Å². The number of methoxy groups -OCH3 is 1. The van der Waals surface area contributed by atoms with Gasteiger partial charge in [-0.05, 0) is 65.0 Å². The van der Waals surface area contributed by atoms with Gasteiger partial charge in [-0.3, -0.25) is 0 Å². The number of imidazole rings is 1. The molecule has 2 aromatic heterocycles. The summed E-state index contributed by atoms with van der Waals surface area (Å²) >= 11 is 6.14. The number of pyridine rings is 1. The molecule has 8 rings (SSSR count). The normalized spacial score (nSPS) is 13.0. The maximum atomic E-state index is 6.60. The lowest BCUT2D eigenvalue weighted by Gasteiger charge is -2.18. The van der Waals surface area contributed by atoms with E-state index in [1.165, 1.54) is 11.1 Å². The van der Waals surface area contributed by atoms with Crippen LogP contribution in [-0.2, 0) is 26.1 Å². The highest BCUT2D eigenvalue weighted by molar-refractivity contribution is 6.30. The van der Waals surface area contributed by atoms with Crippen LogP contribution in [0.5, 0.6) is 23.0 Å². The predicted octanol–water partition coefficient (Wildman–Crippen LogP) is 3.72. The molecule has 9 heteroatoms. The number of rotatable bonds is 6. The molecule has 0 N–H and O–H groups in total. The number of fused-ring (bicyclic) bond motifs is 6. The third-order valence-electron chi connectivity index (χ3n) is 8.13. The molecule has 7 nitrogen and oxygen atoms in total. The van der Waals surface area contributed by atoms with Crippen LogP contribution < -0.4 is 35.9 Å². The number of hydrogen-bond acceptors (Lipinski definition) is 5. The van der Waals surface area contributed by atoms with Crippen molar-refractivity contribution in [2.75, 3.05) is 13.9 Å². The zero-order valence-electron chi connectivity index (χ0n) is 23.3. The number of ether oxygens (including phenoxy) is 4. The first-order valence-corrected chi connectivity index (χ1v) is 14.3. The van der Waals surface area contributed by atoms with Crippen LogP contribution in [0.1, 0.15) is 17.0 Å². The molecule has 0 aliphatic carbocycles. The van der Waals surface area contributed by atoms with Crippen LogP contribution in [0.15, 0.2) is 85.1 Å². The minimum atomic E-state index is 0. The number of halogens is 2. The van der Waals surface area contributed by atoms with Crippen LogP contribution in [0, 0.1) is 0 Å². The van der Waals surface area contributed by atoms with Crippen molar-refractivity contribution in [2.45, 2.75) is 26.1 Å². The molecule has 216 valence electrons. The summed E-state index contributed by atoms with van der Waals surface area (Å²) in [6, 6.07) is 26.6. The number of hydrogen-bond donors (Lipinski definition) is 0. The van der Waals surface area contributed by atoms with E-state index in [9.17, 15) is 0 Å². The molecule has 0 unspecified atom stereocenters. The first-order chi connectivity index (χ1) is 20.6. The molecule has 0 spiro atoms. The topological polar surface area (TPSA) is 58.6 Å². The molecule has 0 fully saturated rings. The average molecular weight is 613 g/mol. The number of benzene rings is 4. The molecule has 4 heterocycles.